The molecular formula is C23H31ClN4O3S. The number of hydrogen-bond donors (Lipinski definition) is 0. The van der Waals surface area contributed by atoms with Gasteiger partial charge in [-0.2, -0.15) is 17.0 Å². The summed E-state index contributed by atoms with van der Waals surface area (Å²) in [6.45, 7) is 3.00. The first-order chi connectivity index (χ1) is 15.4. The third-order valence-corrected chi connectivity index (χ3v) is 8.67. The van der Waals surface area contributed by atoms with Gasteiger partial charge in [0.25, 0.3) is 10.2 Å². The Labute approximate surface area is 195 Å². The van der Waals surface area contributed by atoms with Crippen molar-refractivity contribution in [1.82, 2.24) is 18.1 Å². The van der Waals surface area contributed by atoms with Gasteiger partial charge in [0.05, 0.1) is 12.5 Å². The highest BCUT2D eigenvalue weighted by Crippen LogP contribution is 2.25. The molecule has 3 heterocycles. The molecule has 0 saturated carbocycles. The lowest BCUT2D eigenvalue weighted by Gasteiger charge is -2.31. The van der Waals surface area contributed by atoms with Crippen molar-refractivity contribution in [3.8, 4) is 0 Å². The zero-order valence-corrected chi connectivity index (χ0v) is 19.8. The summed E-state index contributed by atoms with van der Waals surface area (Å²) in [7, 11) is -3.45. The Kier molecular flexibility index (Phi) is 7.55. The van der Waals surface area contributed by atoms with E-state index >= 15 is 0 Å². The Bertz CT molecular complexity index is 989. The van der Waals surface area contributed by atoms with Gasteiger partial charge in [0, 0.05) is 56.7 Å². The van der Waals surface area contributed by atoms with Crippen molar-refractivity contribution in [2.45, 2.75) is 38.1 Å². The highest BCUT2D eigenvalue weighted by Gasteiger charge is 2.33. The Morgan fingerprint density at radius 1 is 0.844 bits per heavy atom. The van der Waals surface area contributed by atoms with Crippen LogP contribution in [0.25, 0.3) is 0 Å². The van der Waals surface area contributed by atoms with E-state index in [2.05, 4.69) is 0 Å². The van der Waals surface area contributed by atoms with Crippen LogP contribution in [0.5, 0.6) is 0 Å². The van der Waals surface area contributed by atoms with Crippen molar-refractivity contribution in [3.05, 3.63) is 59.4 Å². The minimum Gasteiger partial charge on any atom is -0.346 e. The number of benzene rings is 1. The lowest BCUT2D eigenvalue weighted by molar-refractivity contribution is -0.131. The summed E-state index contributed by atoms with van der Waals surface area (Å²) in [6, 6.07) is 11.3. The van der Waals surface area contributed by atoms with E-state index < -0.39 is 10.2 Å². The summed E-state index contributed by atoms with van der Waals surface area (Å²) in [5, 5.41) is 0.661. The smallest absolute Gasteiger partial charge is 0.282 e. The van der Waals surface area contributed by atoms with Gasteiger partial charge in [-0.1, -0.05) is 30.2 Å². The highest BCUT2D eigenvalue weighted by atomic mass is 35.5. The normalized spacial score (nSPS) is 20.1. The van der Waals surface area contributed by atoms with E-state index in [0.29, 0.717) is 57.1 Å². The fourth-order valence-electron chi connectivity index (χ4n) is 4.56. The minimum atomic E-state index is -3.45. The fraction of sp³-hybridized carbons (Fsp3) is 0.522. The van der Waals surface area contributed by atoms with Crippen LogP contribution in [0.2, 0.25) is 5.02 Å². The van der Waals surface area contributed by atoms with Crippen LogP contribution in [-0.4, -0.2) is 71.7 Å². The molecule has 2 fully saturated rings. The minimum absolute atomic E-state index is 0.0378. The van der Waals surface area contributed by atoms with Crippen LogP contribution in [0.3, 0.4) is 0 Å². The van der Waals surface area contributed by atoms with E-state index in [1.807, 2.05) is 58.3 Å². The number of carbonyl (C=O) groups excluding carboxylic acids is 1. The first kappa shape index (κ1) is 23.3. The van der Waals surface area contributed by atoms with Crippen molar-refractivity contribution < 1.29 is 13.2 Å². The molecule has 1 atom stereocenters. The Morgan fingerprint density at radius 3 is 2.16 bits per heavy atom. The molecule has 2 saturated heterocycles. The molecule has 0 spiro atoms. The van der Waals surface area contributed by atoms with E-state index in [-0.39, 0.29) is 11.9 Å². The number of aromatic nitrogens is 1. The summed E-state index contributed by atoms with van der Waals surface area (Å²) in [4.78, 5) is 15.1. The van der Waals surface area contributed by atoms with Crippen LogP contribution < -0.4 is 0 Å². The summed E-state index contributed by atoms with van der Waals surface area (Å²) in [5.41, 5.74) is 1.02. The molecule has 1 aromatic heterocycles. The first-order valence-corrected chi connectivity index (χ1v) is 13.1. The van der Waals surface area contributed by atoms with Crippen LogP contribution in [-0.2, 0) is 15.0 Å². The van der Waals surface area contributed by atoms with Gasteiger partial charge >= 0.3 is 0 Å². The lowest BCUT2D eigenvalue weighted by Crippen LogP contribution is -2.47. The molecule has 0 unspecified atom stereocenters. The zero-order chi connectivity index (χ0) is 22.6. The third-order valence-electron chi connectivity index (χ3n) is 6.39. The van der Waals surface area contributed by atoms with Crippen molar-refractivity contribution >= 4 is 27.7 Å². The standard InChI is InChI=1S/C23H31ClN4O3S/c24-21-9-7-20(8-10-21)22(25-11-4-5-12-25)19-23(29)26-13-6-16-28(18-17-26)32(30,31)27-14-2-1-3-15-27/h4-5,7-12,22H,1-3,6,13-19H2/t22-/m0/s1. The molecule has 2 aliphatic rings. The van der Waals surface area contributed by atoms with Gasteiger partial charge in [-0.05, 0) is 49.1 Å². The summed E-state index contributed by atoms with van der Waals surface area (Å²) < 4.78 is 31.3. The van der Waals surface area contributed by atoms with Crippen LogP contribution in [0.15, 0.2) is 48.8 Å². The number of piperidine rings is 1. The molecule has 174 valence electrons. The highest BCUT2D eigenvalue weighted by molar-refractivity contribution is 7.86. The Balaban J connectivity index is 1.43. The van der Waals surface area contributed by atoms with E-state index in [0.717, 1.165) is 24.8 Å². The average Bonchev–Trinajstić information content (AvgIpc) is 3.21. The van der Waals surface area contributed by atoms with Gasteiger partial charge in [0.1, 0.15) is 0 Å². The summed E-state index contributed by atoms with van der Waals surface area (Å²) >= 11 is 6.05. The van der Waals surface area contributed by atoms with Gasteiger partial charge in [-0.25, -0.2) is 0 Å². The molecule has 0 N–H and O–H groups in total. The predicted molar refractivity (Wildman–Crippen MR) is 126 cm³/mol. The topological polar surface area (TPSA) is 65.9 Å². The van der Waals surface area contributed by atoms with Crippen LogP contribution in [0.1, 0.15) is 43.7 Å². The molecule has 2 aliphatic heterocycles. The number of nitrogens with zero attached hydrogens (tertiary/aromatic N) is 4. The molecule has 4 rings (SSSR count). The Hall–Kier alpha value is -1.87. The van der Waals surface area contributed by atoms with Gasteiger partial charge in [-0.3, -0.25) is 4.79 Å². The summed E-state index contributed by atoms with van der Waals surface area (Å²) in [6.07, 6.45) is 7.81. The van der Waals surface area contributed by atoms with Crippen LogP contribution in [0.4, 0.5) is 0 Å². The number of amides is 1. The molecular weight excluding hydrogens is 448 g/mol. The lowest BCUT2D eigenvalue weighted by atomic mass is 10.0. The molecule has 1 amide bonds. The third kappa shape index (κ3) is 5.36. The quantitative estimate of drug-likeness (QED) is 0.639. The maximum absolute atomic E-state index is 13.3. The van der Waals surface area contributed by atoms with Crippen molar-refractivity contribution in [1.29, 1.82) is 0 Å². The van der Waals surface area contributed by atoms with Crippen LogP contribution >= 0.6 is 11.6 Å². The van der Waals surface area contributed by atoms with Gasteiger partial charge < -0.3 is 9.47 Å². The molecule has 1 aromatic carbocycles. The summed E-state index contributed by atoms with van der Waals surface area (Å²) in [5.74, 6) is 0.0378. The number of carbonyl (C=O) groups is 1. The number of rotatable bonds is 6. The molecule has 32 heavy (non-hydrogen) atoms. The second-order valence-corrected chi connectivity index (χ2v) is 10.9. The molecule has 9 heteroatoms. The van der Waals surface area contributed by atoms with Crippen molar-refractivity contribution in [2.24, 2.45) is 0 Å². The zero-order valence-electron chi connectivity index (χ0n) is 18.3. The van der Waals surface area contributed by atoms with E-state index in [1.165, 1.54) is 0 Å². The van der Waals surface area contributed by atoms with Gasteiger partial charge in [-0.15, -0.1) is 0 Å². The molecule has 0 radical (unpaired) electrons. The van der Waals surface area contributed by atoms with Gasteiger partial charge in [0.2, 0.25) is 5.91 Å². The molecule has 0 bridgehead atoms. The van der Waals surface area contributed by atoms with Gasteiger partial charge in [0.15, 0.2) is 0 Å². The van der Waals surface area contributed by atoms with Crippen molar-refractivity contribution in [2.75, 3.05) is 39.3 Å². The van der Waals surface area contributed by atoms with Crippen molar-refractivity contribution in [3.63, 3.8) is 0 Å². The number of hydrogen-bond acceptors (Lipinski definition) is 3. The SMILES string of the molecule is O=C(C[C@@H](c1ccc(Cl)cc1)n1cccc1)N1CCCN(S(=O)(=O)N2CCCCC2)CC1. The maximum atomic E-state index is 13.3. The van der Waals surface area contributed by atoms with E-state index in [1.54, 1.807) is 8.61 Å². The Morgan fingerprint density at radius 2 is 1.47 bits per heavy atom. The van der Waals surface area contributed by atoms with E-state index in [9.17, 15) is 13.2 Å². The largest absolute Gasteiger partial charge is 0.346 e. The average molecular weight is 479 g/mol. The van der Waals surface area contributed by atoms with Crippen LogP contribution in [0, 0.1) is 0 Å². The first-order valence-electron chi connectivity index (χ1n) is 11.4. The fourth-order valence-corrected chi connectivity index (χ4v) is 6.41. The predicted octanol–water partition coefficient (Wildman–Crippen LogP) is 3.39. The maximum Gasteiger partial charge on any atom is 0.282 e. The monoisotopic (exact) mass is 478 g/mol. The second kappa shape index (κ2) is 10.4. The van der Waals surface area contributed by atoms with E-state index in [4.69, 9.17) is 11.6 Å². The number of halogens is 1. The molecule has 2 aromatic rings. The molecule has 7 nitrogen and oxygen atoms in total. The second-order valence-electron chi connectivity index (χ2n) is 8.50. The molecule has 0 aliphatic carbocycles.